The topological polar surface area (TPSA) is 0 Å². The van der Waals surface area contributed by atoms with E-state index in [1.807, 2.05) is 34.0 Å². The molecule has 0 unspecified atom stereocenters. The highest BCUT2D eigenvalue weighted by atomic mass is 32.1. The van der Waals surface area contributed by atoms with Gasteiger partial charge < -0.3 is 0 Å². The predicted octanol–water partition coefficient (Wildman–Crippen LogP) is 12.7. The van der Waals surface area contributed by atoms with E-state index in [0.717, 1.165) is 0 Å². The Hall–Kier alpha value is -1.94. The molecule has 0 bridgehead atoms. The Labute approximate surface area is 248 Å². The van der Waals surface area contributed by atoms with Crippen molar-refractivity contribution in [1.82, 2.24) is 0 Å². The summed E-state index contributed by atoms with van der Waals surface area (Å²) in [5, 5.41) is 0. The van der Waals surface area contributed by atoms with E-state index in [4.69, 9.17) is 0 Å². The minimum atomic E-state index is 0.0828. The summed E-state index contributed by atoms with van der Waals surface area (Å²) in [7, 11) is 0. The molecule has 0 fully saturated rings. The molecule has 2 aromatic carbocycles. The lowest BCUT2D eigenvalue weighted by molar-refractivity contribution is 0.571. The van der Waals surface area contributed by atoms with Gasteiger partial charge in [-0.15, -0.1) is 34.0 Å². The molecule has 0 aliphatic heterocycles. The molecule has 0 aliphatic rings. The van der Waals surface area contributed by atoms with Crippen LogP contribution in [0.15, 0.2) is 48.5 Å². The van der Waals surface area contributed by atoms with Crippen LogP contribution in [0.25, 0.3) is 39.7 Å². The molecule has 0 N–H and O–H groups in total. The molecule has 206 valence electrons. The molecule has 3 heteroatoms. The Kier molecular flexibility index (Phi) is 6.81. The third kappa shape index (κ3) is 5.16. The minimum Gasteiger partial charge on any atom is -0.133 e. The van der Waals surface area contributed by atoms with E-state index in [-0.39, 0.29) is 21.7 Å². The van der Waals surface area contributed by atoms with Crippen molar-refractivity contribution in [1.29, 1.82) is 0 Å². The van der Waals surface area contributed by atoms with E-state index in [0.29, 0.717) is 0 Å². The van der Waals surface area contributed by atoms with Crippen molar-refractivity contribution in [3.63, 3.8) is 0 Å². The van der Waals surface area contributed by atoms with Crippen molar-refractivity contribution in [2.45, 2.75) is 105 Å². The summed E-state index contributed by atoms with van der Waals surface area (Å²) in [5.41, 5.74) is 9.01. The van der Waals surface area contributed by atoms with Crippen LogP contribution in [0, 0.1) is 0 Å². The van der Waals surface area contributed by atoms with Crippen molar-refractivity contribution in [3.05, 3.63) is 70.8 Å². The molecule has 5 rings (SSSR count). The van der Waals surface area contributed by atoms with Gasteiger partial charge in [-0.1, -0.05) is 119 Å². The van der Waals surface area contributed by atoms with Gasteiger partial charge in [-0.25, -0.2) is 0 Å². The summed E-state index contributed by atoms with van der Waals surface area (Å²) in [5.74, 6) is 0. The van der Waals surface area contributed by atoms with Crippen molar-refractivity contribution >= 4 is 52.8 Å². The second-order valence-electron chi connectivity index (χ2n) is 15.2. The summed E-state index contributed by atoms with van der Waals surface area (Å²) in [6.07, 6.45) is 0. The Morgan fingerprint density at radius 1 is 0.410 bits per heavy atom. The molecular formula is C36H44S3. The number of hydrogen-bond acceptors (Lipinski definition) is 3. The largest absolute Gasteiger partial charge is 0.133 e. The van der Waals surface area contributed by atoms with E-state index < -0.39 is 0 Å². The summed E-state index contributed by atoms with van der Waals surface area (Å²) >= 11 is 5.96. The Morgan fingerprint density at radius 3 is 0.949 bits per heavy atom. The van der Waals surface area contributed by atoms with Gasteiger partial charge in [0.2, 0.25) is 0 Å². The molecule has 0 aliphatic carbocycles. The van der Waals surface area contributed by atoms with Crippen LogP contribution in [0.1, 0.15) is 105 Å². The first-order valence-electron chi connectivity index (χ1n) is 14.1. The van der Waals surface area contributed by atoms with Gasteiger partial charge >= 0.3 is 0 Å². The van der Waals surface area contributed by atoms with Gasteiger partial charge in [0, 0.05) is 19.2 Å². The predicted molar refractivity (Wildman–Crippen MR) is 181 cm³/mol. The number of thiophene rings is 3. The van der Waals surface area contributed by atoms with Gasteiger partial charge in [0.25, 0.3) is 0 Å². The van der Waals surface area contributed by atoms with Gasteiger partial charge in [-0.3, -0.25) is 0 Å². The van der Waals surface area contributed by atoms with Crippen molar-refractivity contribution in [2.75, 3.05) is 0 Å². The molecular weight excluding hydrogens is 529 g/mol. The van der Waals surface area contributed by atoms with Crippen LogP contribution in [0.3, 0.4) is 0 Å². The lowest BCUT2D eigenvalue weighted by Crippen LogP contribution is -2.18. The molecule has 39 heavy (non-hydrogen) atoms. The molecule has 0 amide bonds. The first kappa shape index (κ1) is 28.6. The van der Waals surface area contributed by atoms with Crippen LogP contribution < -0.4 is 0 Å². The zero-order valence-electron chi connectivity index (χ0n) is 25.8. The van der Waals surface area contributed by atoms with Gasteiger partial charge in [-0.05, 0) is 67.2 Å². The highest BCUT2D eigenvalue weighted by Gasteiger charge is 2.30. The van der Waals surface area contributed by atoms with Crippen LogP contribution >= 0.6 is 34.0 Å². The second-order valence-corrected chi connectivity index (χ2v) is 18.4. The maximum Gasteiger partial charge on any atom is 0.0636 e. The fraction of sp³-hybridized carbons (Fsp3) is 0.444. The minimum absolute atomic E-state index is 0.0828. The summed E-state index contributed by atoms with van der Waals surface area (Å²) in [6, 6.07) is 18.8. The van der Waals surface area contributed by atoms with E-state index in [1.165, 1.54) is 61.9 Å². The van der Waals surface area contributed by atoms with Crippen molar-refractivity contribution < 1.29 is 0 Å². The van der Waals surface area contributed by atoms with Crippen LogP contribution in [0.4, 0.5) is 0 Å². The normalized spacial score (nSPS) is 13.6. The monoisotopic (exact) mass is 572 g/mol. The number of rotatable bonds is 2. The number of benzene rings is 2. The first-order chi connectivity index (χ1) is 17.9. The molecule has 0 spiro atoms. The third-order valence-corrected chi connectivity index (χ3v) is 11.5. The molecule has 0 saturated carbocycles. The average molecular weight is 573 g/mol. The van der Waals surface area contributed by atoms with Gasteiger partial charge in [-0.2, -0.15) is 0 Å². The van der Waals surface area contributed by atoms with Crippen LogP contribution in [-0.4, -0.2) is 0 Å². The lowest BCUT2D eigenvalue weighted by atomic mass is 9.76. The Balaban J connectivity index is 1.75. The van der Waals surface area contributed by atoms with E-state index in [9.17, 15) is 0 Å². The highest BCUT2D eigenvalue weighted by Crippen LogP contribution is 2.52. The Morgan fingerprint density at radius 2 is 0.692 bits per heavy atom. The van der Waals surface area contributed by atoms with Crippen LogP contribution in [0.2, 0.25) is 0 Å². The number of fused-ring (bicyclic) bond motifs is 3. The maximum atomic E-state index is 2.47. The van der Waals surface area contributed by atoms with Crippen molar-refractivity contribution in [3.8, 4) is 20.9 Å². The molecule has 0 nitrogen and oxygen atoms in total. The van der Waals surface area contributed by atoms with Crippen LogP contribution in [-0.2, 0) is 21.7 Å². The molecule has 3 aromatic heterocycles. The average Bonchev–Trinajstić information content (AvgIpc) is 3.46. The molecule has 3 heterocycles. The SMILES string of the molecule is CC(C)(C)c1cccc(C(C)(C)C)c1-c1cc2sc3cc(-c4c(C(C)(C)C)cccc4C(C)(C)C)sc3c2s1. The number of hydrogen-bond donors (Lipinski definition) is 0. The van der Waals surface area contributed by atoms with Gasteiger partial charge in [0.05, 0.1) is 9.40 Å². The quantitative estimate of drug-likeness (QED) is 0.197. The summed E-state index contributed by atoms with van der Waals surface area (Å²) < 4.78 is 5.75. The zero-order chi connectivity index (χ0) is 28.7. The first-order valence-corrected chi connectivity index (χ1v) is 16.6. The van der Waals surface area contributed by atoms with E-state index in [1.54, 1.807) is 0 Å². The lowest BCUT2D eigenvalue weighted by Gasteiger charge is -2.29. The Bertz CT molecular complexity index is 1480. The van der Waals surface area contributed by atoms with E-state index >= 15 is 0 Å². The summed E-state index contributed by atoms with van der Waals surface area (Å²) in [6.45, 7) is 28.1. The fourth-order valence-corrected chi connectivity index (χ4v) is 9.89. The van der Waals surface area contributed by atoms with Crippen LogP contribution in [0.5, 0.6) is 0 Å². The molecule has 0 atom stereocenters. The second kappa shape index (κ2) is 9.29. The highest BCUT2D eigenvalue weighted by molar-refractivity contribution is 7.40. The standard InChI is InChI=1S/C36H44S3/c1-33(2,3)21-15-13-16-22(34(4,5)6)29(21)25-19-27-31(38-25)32-28(37-27)20-26(39-32)30-23(35(7,8)9)17-14-18-24(30)36(10,11)12/h13-20H,1-12H3. The summed E-state index contributed by atoms with van der Waals surface area (Å²) in [4.78, 5) is 2.82. The zero-order valence-corrected chi connectivity index (χ0v) is 28.3. The van der Waals surface area contributed by atoms with E-state index in [2.05, 4.69) is 132 Å². The van der Waals surface area contributed by atoms with Gasteiger partial charge in [0.1, 0.15) is 0 Å². The van der Waals surface area contributed by atoms with Gasteiger partial charge in [0.15, 0.2) is 0 Å². The fourth-order valence-electron chi connectivity index (χ4n) is 5.72. The molecule has 0 saturated heterocycles. The molecule has 0 radical (unpaired) electrons. The maximum absolute atomic E-state index is 2.47. The third-order valence-electron chi connectivity index (χ3n) is 7.68. The smallest absolute Gasteiger partial charge is 0.0636 e. The molecule has 5 aromatic rings. The van der Waals surface area contributed by atoms with Crippen molar-refractivity contribution in [2.24, 2.45) is 0 Å².